The van der Waals surface area contributed by atoms with Gasteiger partial charge in [0.05, 0.1) is 0 Å². The van der Waals surface area contributed by atoms with Gasteiger partial charge in [-0.3, -0.25) is 9.89 Å². The zero-order valence-electron chi connectivity index (χ0n) is 12.6. The Hall–Kier alpha value is -1.36. The van der Waals surface area contributed by atoms with Crippen LogP contribution < -0.4 is 11.1 Å². The molecule has 2 atom stereocenters. The van der Waals surface area contributed by atoms with Crippen molar-refractivity contribution in [2.75, 3.05) is 11.9 Å². The summed E-state index contributed by atoms with van der Waals surface area (Å²) in [5.41, 5.74) is 6.93. The van der Waals surface area contributed by atoms with Crippen molar-refractivity contribution in [3.8, 4) is 0 Å². The van der Waals surface area contributed by atoms with Gasteiger partial charge >= 0.3 is 0 Å². The molecule has 1 aromatic rings. The second kappa shape index (κ2) is 6.60. The fourth-order valence-corrected chi connectivity index (χ4v) is 3.91. The van der Waals surface area contributed by atoms with E-state index in [9.17, 15) is 4.79 Å². The number of anilines is 1. The van der Waals surface area contributed by atoms with E-state index < -0.39 is 0 Å². The highest BCUT2D eigenvalue weighted by atomic mass is 16.2. The van der Waals surface area contributed by atoms with E-state index in [1.54, 1.807) is 0 Å². The molecule has 0 unspecified atom stereocenters. The molecule has 5 heteroatoms. The molecule has 2 aliphatic rings. The first-order valence-corrected chi connectivity index (χ1v) is 8.34. The minimum atomic E-state index is 0.0600. The first-order chi connectivity index (χ1) is 10.3. The van der Waals surface area contributed by atoms with Gasteiger partial charge in [-0.2, -0.15) is 5.10 Å². The molecule has 3 rings (SSSR count). The van der Waals surface area contributed by atoms with Gasteiger partial charge in [0.15, 0.2) is 5.82 Å². The predicted molar refractivity (Wildman–Crippen MR) is 82.9 cm³/mol. The molecule has 4 N–H and O–H groups in total. The smallest absolute Gasteiger partial charge is 0.229 e. The number of nitrogens with two attached hydrogens (primary N) is 1. The molecule has 0 radical (unpaired) electrons. The van der Waals surface area contributed by atoms with Crippen LogP contribution in [0.15, 0.2) is 6.07 Å². The highest BCUT2D eigenvalue weighted by Gasteiger charge is 2.32. The molecular weight excluding hydrogens is 264 g/mol. The average Bonchev–Trinajstić information content (AvgIpc) is 3.16. The Labute approximate surface area is 126 Å². The third-order valence-corrected chi connectivity index (χ3v) is 5.19. The van der Waals surface area contributed by atoms with E-state index in [4.69, 9.17) is 5.73 Å². The third-order valence-electron chi connectivity index (χ3n) is 5.19. The van der Waals surface area contributed by atoms with Gasteiger partial charge in [0.2, 0.25) is 5.91 Å². The number of carbonyl (C=O) groups is 1. The first kappa shape index (κ1) is 14.6. The van der Waals surface area contributed by atoms with Gasteiger partial charge in [-0.25, -0.2) is 0 Å². The minimum absolute atomic E-state index is 0.0600. The number of aromatic amines is 1. The number of H-pyrrole nitrogens is 1. The standard InChI is InChI=1S/C16H26N4O/c17-10-12-7-4-8-13(12)16(21)18-15-9-14(19-20-15)11-5-2-1-3-6-11/h9,11-13H,1-8,10,17H2,(H2,18,19,20,21)/t12-,13-/m1/s1. The molecule has 1 heterocycles. The van der Waals surface area contributed by atoms with Crippen LogP contribution in [0.2, 0.25) is 0 Å². The number of hydrogen-bond donors (Lipinski definition) is 3. The number of aromatic nitrogens is 2. The van der Waals surface area contributed by atoms with E-state index in [1.165, 1.54) is 37.8 Å². The average molecular weight is 290 g/mol. The summed E-state index contributed by atoms with van der Waals surface area (Å²) in [6.45, 7) is 0.603. The fourth-order valence-electron chi connectivity index (χ4n) is 3.91. The van der Waals surface area contributed by atoms with E-state index in [0.717, 1.165) is 19.3 Å². The van der Waals surface area contributed by atoms with E-state index in [-0.39, 0.29) is 11.8 Å². The molecule has 116 valence electrons. The quantitative estimate of drug-likeness (QED) is 0.797. The highest BCUT2D eigenvalue weighted by molar-refractivity contribution is 5.92. The summed E-state index contributed by atoms with van der Waals surface area (Å²) in [5.74, 6) is 1.74. The number of nitrogens with one attached hydrogen (secondary N) is 2. The molecule has 0 spiro atoms. The van der Waals surface area contributed by atoms with Crippen LogP contribution in [0.5, 0.6) is 0 Å². The van der Waals surface area contributed by atoms with E-state index in [0.29, 0.717) is 24.2 Å². The summed E-state index contributed by atoms with van der Waals surface area (Å²) in [6.07, 6.45) is 9.53. The molecule has 5 nitrogen and oxygen atoms in total. The number of amides is 1. The lowest BCUT2D eigenvalue weighted by Crippen LogP contribution is -2.29. The molecule has 21 heavy (non-hydrogen) atoms. The van der Waals surface area contributed by atoms with Crippen LogP contribution in [0.4, 0.5) is 5.82 Å². The summed E-state index contributed by atoms with van der Waals surface area (Å²) < 4.78 is 0. The zero-order valence-corrected chi connectivity index (χ0v) is 12.6. The van der Waals surface area contributed by atoms with Crippen molar-refractivity contribution >= 4 is 11.7 Å². The van der Waals surface area contributed by atoms with Crippen LogP contribution in [0, 0.1) is 11.8 Å². The maximum Gasteiger partial charge on any atom is 0.229 e. The van der Waals surface area contributed by atoms with Gasteiger partial charge in [-0.1, -0.05) is 25.7 Å². The molecule has 0 bridgehead atoms. The monoisotopic (exact) mass is 290 g/mol. The van der Waals surface area contributed by atoms with E-state index >= 15 is 0 Å². The Bertz CT molecular complexity index is 478. The predicted octanol–water partition coefficient (Wildman–Crippen LogP) is 2.77. The van der Waals surface area contributed by atoms with Gasteiger partial charge in [0.1, 0.15) is 0 Å². The molecule has 2 aliphatic carbocycles. The SMILES string of the molecule is NC[C@H]1CCC[C@H]1C(=O)Nc1cc(C2CCCCC2)[nH]n1. The van der Waals surface area contributed by atoms with Crippen molar-refractivity contribution in [1.29, 1.82) is 0 Å². The summed E-state index contributed by atoms with van der Waals surface area (Å²) >= 11 is 0. The second-order valence-corrected chi connectivity index (χ2v) is 6.57. The van der Waals surface area contributed by atoms with Crippen molar-refractivity contribution in [2.45, 2.75) is 57.3 Å². The Morgan fingerprint density at radius 2 is 2.05 bits per heavy atom. The summed E-state index contributed by atoms with van der Waals surface area (Å²) in [5, 5.41) is 10.3. The van der Waals surface area contributed by atoms with Crippen LogP contribution in [0.25, 0.3) is 0 Å². The molecule has 0 saturated heterocycles. The van der Waals surface area contributed by atoms with Crippen LogP contribution >= 0.6 is 0 Å². The van der Waals surface area contributed by atoms with Gasteiger partial charge in [0, 0.05) is 23.6 Å². The Morgan fingerprint density at radius 1 is 1.24 bits per heavy atom. The van der Waals surface area contributed by atoms with E-state index in [1.807, 2.05) is 6.07 Å². The number of nitrogens with zero attached hydrogens (tertiary/aromatic N) is 1. The maximum absolute atomic E-state index is 12.3. The Morgan fingerprint density at radius 3 is 2.81 bits per heavy atom. The van der Waals surface area contributed by atoms with Crippen molar-refractivity contribution in [3.63, 3.8) is 0 Å². The van der Waals surface area contributed by atoms with E-state index in [2.05, 4.69) is 15.5 Å². The number of rotatable bonds is 4. The molecule has 0 aromatic carbocycles. The third kappa shape index (κ3) is 3.28. The summed E-state index contributed by atoms with van der Waals surface area (Å²) in [4.78, 5) is 12.3. The minimum Gasteiger partial charge on any atom is -0.330 e. The lowest BCUT2D eigenvalue weighted by Gasteiger charge is -2.19. The lowest BCUT2D eigenvalue weighted by atomic mass is 9.87. The lowest BCUT2D eigenvalue weighted by molar-refractivity contribution is -0.120. The van der Waals surface area contributed by atoms with Crippen molar-refractivity contribution in [1.82, 2.24) is 10.2 Å². The Balaban J connectivity index is 1.60. The fraction of sp³-hybridized carbons (Fsp3) is 0.750. The highest BCUT2D eigenvalue weighted by Crippen LogP contribution is 2.33. The number of hydrogen-bond acceptors (Lipinski definition) is 3. The summed E-state index contributed by atoms with van der Waals surface area (Å²) in [7, 11) is 0. The molecular formula is C16H26N4O. The topological polar surface area (TPSA) is 83.8 Å². The van der Waals surface area contributed by atoms with Crippen LogP contribution in [-0.4, -0.2) is 22.6 Å². The van der Waals surface area contributed by atoms with Gasteiger partial charge in [-0.15, -0.1) is 0 Å². The Kier molecular flexibility index (Phi) is 4.58. The first-order valence-electron chi connectivity index (χ1n) is 8.34. The molecule has 2 saturated carbocycles. The van der Waals surface area contributed by atoms with Gasteiger partial charge in [0.25, 0.3) is 0 Å². The molecule has 2 fully saturated rings. The van der Waals surface area contributed by atoms with Gasteiger partial charge < -0.3 is 11.1 Å². The van der Waals surface area contributed by atoms with Crippen molar-refractivity contribution in [2.24, 2.45) is 17.6 Å². The van der Waals surface area contributed by atoms with Crippen molar-refractivity contribution < 1.29 is 4.79 Å². The number of carbonyl (C=O) groups excluding carboxylic acids is 1. The van der Waals surface area contributed by atoms with Crippen LogP contribution in [0.3, 0.4) is 0 Å². The second-order valence-electron chi connectivity index (χ2n) is 6.57. The molecule has 0 aliphatic heterocycles. The van der Waals surface area contributed by atoms with Crippen molar-refractivity contribution in [3.05, 3.63) is 11.8 Å². The maximum atomic E-state index is 12.3. The zero-order chi connectivity index (χ0) is 14.7. The molecule has 1 amide bonds. The molecule has 1 aromatic heterocycles. The van der Waals surface area contributed by atoms with Gasteiger partial charge in [-0.05, 0) is 38.1 Å². The van der Waals surface area contributed by atoms with Crippen LogP contribution in [-0.2, 0) is 4.79 Å². The largest absolute Gasteiger partial charge is 0.330 e. The summed E-state index contributed by atoms with van der Waals surface area (Å²) in [6, 6.07) is 2.01. The van der Waals surface area contributed by atoms with Crippen LogP contribution in [0.1, 0.15) is 63.0 Å². The normalized spacial score (nSPS) is 26.9.